The third-order valence-corrected chi connectivity index (χ3v) is 7.52. The molecule has 11 nitrogen and oxygen atoms in total. The van der Waals surface area contributed by atoms with E-state index < -0.39 is 20.9 Å². The van der Waals surface area contributed by atoms with Gasteiger partial charge in [0, 0.05) is 30.8 Å². The van der Waals surface area contributed by atoms with Gasteiger partial charge in [-0.05, 0) is 49.6 Å². The number of aryl methyl sites for hydroxylation is 1. The van der Waals surface area contributed by atoms with E-state index in [9.17, 15) is 23.3 Å². The molecular formula is C22H22N4O7S. The zero-order valence-corrected chi connectivity index (χ0v) is 19.2. The number of carbonyl (C=O) groups excluding carboxylic acids is 1. The molecule has 1 aromatic heterocycles. The number of carbonyl (C=O) groups is 1. The lowest BCUT2D eigenvalue weighted by Crippen LogP contribution is -2.36. The number of nitro groups is 1. The van der Waals surface area contributed by atoms with Crippen molar-refractivity contribution < 1.29 is 27.3 Å². The second-order valence-corrected chi connectivity index (χ2v) is 9.73. The first-order chi connectivity index (χ1) is 16.3. The minimum absolute atomic E-state index is 0.0231. The van der Waals surface area contributed by atoms with E-state index in [1.165, 1.54) is 40.7 Å². The molecule has 0 aliphatic carbocycles. The molecule has 0 saturated carbocycles. The molecule has 1 saturated heterocycles. The average Bonchev–Trinajstić information content (AvgIpc) is 3.32. The second kappa shape index (κ2) is 9.69. The fraction of sp³-hybridized carbons (Fsp3) is 0.318. The summed E-state index contributed by atoms with van der Waals surface area (Å²) in [5.74, 6) is -0.591. The maximum absolute atomic E-state index is 13.1. The third-order valence-electron chi connectivity index (χ3n) is 5.48. The Bertz CT molecular complexity index is 1310. The number of benzene rings is 2. The number of non-ortho nitro benzene ring substituents is 1. The Hall–Kier alpha value is -3.64. The first kappa shape index (κ1) is 23.5. The molecule has 3 aromatic rings. The van der Waals surface area contributed by atoms with Crippen LogP contribution >= 0.6 is 0 Å². The van der Waals surface area contributed by atoms with Crippen molar-refractivity contribution >= 4 is 21.7 Å². The Morgan fingerprint density at radius 1 is 1.12 bits per heavy atom. The van der Waals surface area contributed by atoms with Crippen LogP contribution in [0.15, 0.2) is 51.8 Å². The van der Waals surface area contributed by atoms with Gasteiger partial charge in [-0.3, -0.25) is 10.1 Å². The lowest BCUT2D eigenvalue weighted by molar-refractivity contribution is -0.384. The Kier molecular flexibility index (Phi) is 6.70. The first-order valence-corrected chi connectivity index (χ1v) is 12.0. The van der Waals surface area contributed by atoms with Crippen LogP contribution in [0.4, 0.5) is 5.69 Å². The van der Waals surface area contributed by atoms with Crippen LogP contribution in [0.1, 0.15) is 41.1 Å². The number of sulfonamides is 1. The number of nitrogens with zero attached hydrogens (tertiary/aromatic N) is 4. The van der Waals surface area contributed by atoms with E-state index in [0.717, 1.165) is 19.3 Å². The van der Waals surface area contributed by atoms with Crippen LogP contribution in [-0.4, -0.2) is 46.9 Å². The van der Waals surface area contributed by atoms with Crippen LogP contribution in [0.5, 0.6) is 0 Å². The highest BCUT2D eigenvalue weighted by atomic mass is 32.2. The highest BCUT2D eigenvalue weighted by Crippen LogP contribution is 2.25. The predicted molar refractivity (Wildman–Crippen MR) is 119 cm³/mol. The van der Waals surface area contributed by atoms with Gasteiger partial charge < -0.3 is 9.15 Å². The first-order valence-electron chi connectivity index (χ1n) is 10.6. The van der Waals surface area contributed by atoms with Crippen molar-refractivity contribution in [3.8, 4) is 11.5 Å². The number of ether oxygens (including phenoxy) is 1. The van der Waals surface area contributed by atoms with Crippen LogP contribution in [0.3, 0.4) is 0 Å². The molecule has 0 N–H and O–H groups in total. The summed E-state index contributed by atoms with van der Waals surface area (Å²) >= 11 is 0. The molecular weight excluding hydrogens is 464 g/mol. The van der Waals surface area contributed by atoms with Gasteiger partial charge in [0.05, 0.1) is 15.4 Å². The Morgan fingerprint density at radius 3 is 2.50 bits per heavy atom. The van der Waals surface area contributed by atoms with E-state index >= 15 is 0 Å². The highest BCUT2D eigenvalue weighted by Gasteiger charge is 2.28. The summed E-state index contributed by atoms with van der Waals surface area (Å²) in [6, 6.07) is 9.97. The second-order valence-electron chi connectivity index (χ2n) is 7.83. The maximum Gasteiger partial charge on any atom is 0.338 e. The van der Waals surface area contributed by atoms with Crippen LogP contribution < -0.4 is 0 Å². The highest BCUT2D eigenvalue weighted by molar-refractivity contribution is 7.89. The molecule has 0 spiro atoms. The smallest absolute Gasteiger partial charge is 0.338 e. The van der Waals surface area contributed by atoms with Gasteiger partial charge in [-0.1, -0.05) is 12.5 Å². The average molecular weight is 487 g/mol. The number of aromatic nitrogens is 2. The van der Waals surface area contributed by atoms with Gasteiger partial charge in [0.1, 0.15) is 0 Å². The summed E-state index contributed by atoms with van der Waals surface area (Å²) in [6.45, 7) is 2.29. The van der Waals surface area contributed by atoms with Gasteiger partial charge in [0.15, 0.2) is 6.61 Å². The van der Waals surface area contributed by atoms with Gasteiger partial charge in [-0.2, -0.15) is 4.31 Å². The van der Waals surface area contributed by atoms with Gasteiger partial charge in [0.2, 0.25) is 15.9 Å². The number of hydrogen-bond acceptors (Lipinski definition) is 9. The third kappa shape index (κ3) is 4.97. The van der Waals surface area contributed by atoms with E-state index in [0.29, 0.717) is 24.2 Å². The Balaban J connectivity index is 1.44. The number of rotatable bonds is 7. The normalized spacial score (nSPS) is 14.6. The fourth-order valence-electron chi connectivity index (χ4n) is 3.61. The SMILES string of the molecule is Cc1ccc(C(=O)OCc2nnc(-c3ccc([N+](=O)[O-])cc3)o2)cc1S(=O)(=O)N1CCCCC1. The van der Waals surface area contributed by atoms with Crippen molar-refractivity contribution in [3.05, 3.63) is 69.6 Å². The van der Waals surface area contributed by atoms with Crippen LogP contribution in [0.2, 0.25) is 0 Å². The topological polar surface area (TPSA) is 146 Å². The van der Waals surface area contributed by atoms with Gasteiger partial charge >= 0.3 is 5.97 Å². The fourth-order valence-corrected chi connectivity index (χ4v) is 5.38. The quantitative estimate of drug-likeness (QED) is 0.278. The lowest BCUT2D eigenvalue weighted by atomic mass is 10.1. The molecule has 1 aliphatic rings. The molecule has 0 radical (unpaired) electrons. The summed E-state index contributed by atoms with van der Waals surface area (Å²) in [6.07, 6.45) is 2.62. The molecule has 2 aromatic carbocycles. The minimum Gasteiger partial charge on any atom is -0.452 e. The monoisotopic (exact) mass is 486 g/mol. The predicted octanol–water partition coefficient (Wildman–Crippen LogP) is 3.48. The largest absolute Gasteiger partial charge is 0.452 e. The van der Waals surface area contributed by atoms with Crippen LogP contribution in [0, 0.1) is 17.0 Å². The van der Waals surface area contributed by atoms with Crippen molar-refractivity contribution in [2.45, 2.75) is 37.7 Å². The van der Waals surface area contributed by atoms with E-state index in [1.807, 2.05) is 0 Å². The van der Waals surface area contributed by atoms with Crippen LogP contribution in [-0.2, 0) is 21.4 Å². The van der Waals surface area contributed by atoms with Crippen molar-refractivity contribution in [1.82, 2.24) is 14.5 Å². The standard InChI is InChI=1S/C22H22N4O7S/c1-15-5-6-17(13-19(15)34(30,31)25-11-3-2-4-12-25)22(27)32-14-20-23-24-21(33-20)16-7-9-18(10-8-16)26(28)29/h5-10,13H,2-4,11-12,14H2,1H3. The number of piperidine rings is 1. The number of esters is 1. The molecule has 1 fully saturated rings. The summed E-state index contributed by atoms with van der Waals surface area (Å²) in [5, 5.41) is 18.4. The minimum atomic E-state index is -3.71. The maximum atomic E-state index is 13.1. The lowest BCUT2D eigenvalue weighted by Gasteiger charge is -2.26. The molecule has 34 heavy (non-hydrogen) atoms. The molecule has 178 valence electrons. The molecule has 0 amide bonds. The molecule has 12 heteroatoms. The van der Waals surface area contributed by atoms with E-state index in [2.05, 4.69) is 10.2 Å². The summed E-state index contributed by atoms with van der Waals surface area (Å²) in [7, 11) is -3.71. The van der Waals surface area contributed by atoms with E-state index in [-0.39, 0.29) is 34.5 Å². The zero-order valence-electron chi connectivity index (χ0n) is 18.3. The van der Waals surface area contributed by atoms with Crippen molar-refractivity contribution in [2.75, 3.05) is 13.1 Å². The summed E-state index contributed by atoms with van der Waals surface area (Å²) in [5.41, 5.74) is 1.04. The van der Waals surface area contributed by atoms with Gasteiger partial charge in [-0.25, -0.2) is 13.2 Å². The molecule has 1 aliphatic heterocycles. The molecule has 0 unspecified atom stereocenters. The Labute approximate surface area is 195 Å². The van der Waals surface area contributed by atoms with Crippen LogP contribution in [0.25, 0.3) is 11.5 Å². The van der Waals surface area contributed by atoms with E-state index in [1.54, 1.807) is 13.0 Å². The van der Waals surface area contributed by atoms with Crippen molar-refractivity contribution in [1.29, 1.82) is 0 Å². The summed E-state index contributed by atoms with van der Waals surface area (Å²) < 4.78 is 38.3. The molecule has 0 atom stereocenters. The molecule has 0 bridgehead atoms. The molecule has 2 heterocycles. The van der Waals surface area contributed by atoms with E-state index in [4.69, 9.17) is 9.15 Å². The Morgan fingerprint density at radius 2 is 1.82 bits per heavy atom. The van der Waals surface area contributed by atoms with Crippen molar-refractivity contribution in [3.63, 3.8) is 0 Å². The zero-order chi connectivity index (χ0) is 24.3. The number of nitro benzene ring substituents is 1. The van der Waals surface area contributed by atoms with Gasteiger partial charge in [0.25, 0.3) is 11.6 Å². The number of hydrogen-bond donors (Lipinski definition) is 0. The van der Waals surface area contributed by atoms with Gasteiger partial charge in [-0.15, -0.1) is 10.2 Å². The van der Waals surface area contributed by atoms with Crippen molar-refractivity contribution in [2.24, 2.45) is 0 Å². The molecule has 4 rings (SSSR count). The summed E-state index contributed by atoms with van der Waals surface area (Å²) in [4.78, 5) is 22.9.